The van der Waals surface area contributed by atoms with E-state index in [2.05, 4.69) is 22.0 Å². The topological polar surface area (TPSA) is 46.9 Å². The lowest BCUT2D eigenvalue weighted by Gasteiger charge is -2.09. The summed E-state index contributed by atoms with van der Waals surface area (Å²) in [5.41, 5.74) is 3.84. The van der Waals surface area contributed by atoms with E-state index in [1.165, 1.54) is 12.0 Å². The minimum atomic E-state index is -0.0817. The maximum Gasteiger partial charge on any atom is 0.271 e. The lowest BCUT2D eigenvalue weighted by molar-refractivity contribution is 0.0948. The van der Waals surface area contributed by atoms with Gasteiger partial charge in [-0.05, 0) is 55.5 Å². The van der Waals surface area contributed by atoms with Gasteiger partial charge in [-0.1, -0.05) is 48.4 Å². The van der Waals surface area contributed by atoms with Gasteiger partial charge in [-0.2, -0.15) is 0 Å². The van der Waals surface area contributed by atoms with Crippen molar-refractivity contribution < 1.29 is 4.79 Å². The summed E-state index contributed by atoms with van der Waals surface area (Å²) < 4.78 is 2.22. The fourth-order valence-corrected chi connectivity index (χ4v) is 3.90. The van der Waals surface area contributed by atoms with E-state index in [0.29, 0.717) is 17.3 Å². The standard InChI is InChI=1S/C23H24ClN3O/c24-19-12-10-18(11-13-19)22-26-21(20-9-5-2-6-16-27(20)22)23(28)25-15-14-17-7-3-1-4-8-17/h1,3-4,7-8,10-13H,2,5-6,9,14-16H2,(H,25,28). The van der Waals surface area contributed by atoms with Crippen LogP contribution in [0.1, 0.15) is 41.0 Å². The van der Waals surface area contributed by atoms with Gasteiger partial charge in [0.25, 0.3) is 5.91 Å². The third kappa shape index (κ3) is 4.12. The Hall–Kier alpha value is -2.59. The summed E-state index contributed by atoms with van der Waals surface area (Å²) in [6.45, 7) is 1.50. The van der Waals surface area contributed by atoms with Crippen LogP contribution in [0.15, 0.2) is 54.6 Å². The first kappa shape index (κ1) is 18.8. The van der Waals surface area contributed by atoms with Gasteiger partial charge in [0.2, 0.25) is 0 Å². The maximum absolute atomic E-state index is 12.9. The van der Waals surface area contributed by atoms with Gasteiger partial charge in [-0.25, -0.2) is 4.98 Å². The van der Waals surface area contributed by atoms with Gasteiger partial charge < -0.3 is 9.88 Å². The first-order chi connectivity index (χ1) is 13.7. The first-order valence-corrected chi connectivity index (χ1v) is 10.3. The van der Waals surface area contributed by atoms with E-state index in [9.17, 15) is 4.79 Å². The fourth-order valence-electron chi connectivity index (χ4n) is 3.77. The Labute approximate surface area is 170 Å². The number of carbonyl (C=O) groups excluding carboxylic acids is 1. The lowest BCUT2D eigenvalue weighted by Crippen LogP contribution is -2.27. The van der Waals surface area contributed by atoms with E-state index in [4.69, 9.17) is 16.6 Å². The van der Waals surface area contributed by atoms with Gasteiger partial charge >= 0.3 is 0 Å². The summed E-state index contributed by atoms with van der Waals surface area (Å²) in [6, 6.07) is 17.9. The predicted octanol–water partition coefficient (Wildman–Crippen LogP) is 4.90. The molecular weight excluding hydrogens is 370 g/mol. The van der Waals surface area contributed by atoms with Crippen molar-refractivity contribution in [2.24, 2.45) is 0 Å². The summed E-state index contributed by atoms with van der Waals surface area (Å²) in [7, 11) is 0. The molecule has 0 saturated carbocycles. The molecule has 28 heavy (non-hydrogen) atoms. The molecule has 1 N–H and O–H groups in total. The van der Waals surface area contributed by atoms with E-state index in [1.807, 2.05) is 42.5 Å². The van der Waals surface area contributed by atoms with Crippen LogP contribution in [0.3, 0.4) is 0 Å². The number of hydrogen-bond acceptors (Lipinski definition) is 2. The Morgan fingerprint density at radius 1 is 1.04 bits per heavy atom. The Morgan fingerprint density at radius 3 is 2.61 bits per heavy atom. The molecule has 1 aliphatic heterocycles. The number of nitrogens with zero attached hydrogens (tertiary/aromatic N) is 2. The third-order valence-electron chi connectivity index (χ3n) is 5.23. The molecule has 1 amide bonds. The zero-order chi connectivity index (χ0) is 19.3. The van der Waals surface area contributed by atoms with Crippen LogP contribution < -0.4 is 5.32 Å². The van der Waals surface area contributed by atoms with Crippen LogP contribution in [-0.4, -0.2) is 22.0 Å². The van der Waals surface area contributed by atoms with Crippen LogP contribution >= 0.6 is 11.6 Å². The summed E-state index contributed by atoms with van der Waals surface area (Å²) in [5, 5.41) is 3.76. The Bertz CT molecular complexity index is 948. The SMILES string of the molecule is O=C(NCCc1ccccc1)c1nc(-c2ccc(Cl)cc2)n2c1CCCCC2. The number of halogens is 1. The van der Waals surface area contributed by atoms with E-state index >= 15 is 0 Å². The van der Waals surface area contributed by atoms with Gasteiger partial charge in [0.05, 0.1) is 5.69 Å². The molecule has 3 aromatic rings. The molecule has 0 unspecified atom stereocenters. The van der Waals surface area contributed by atoms with Crippen molar-refractivity contribution in [3.63, 3.8) is 0 Å². The second kappa shape index (κ2) is 8.61. The fraction of sp³-hybridized carbons (Fsp3) is 0.304. The number of carbonyl (C=O) groups is 1. The van der Waals surface area contributed by atoms with Gasteiger partial charge in [0.15, 0.2) is 0 Å². The number of benzene rings is 2. The molecule has 4 rings (SSSR count). The average molecular weight is 394 g/mol. The lowest BCUT2D eigenvalue weighted by atomic mass is 10.1. The largest absolute Gasteiger partial charge is 0.350 e. The highest BCUT2D eigenvalue weighted by molar-refractivity contribution is 6.30. The molecular formula is C23H24ClN3O. The van der Waals surface area contributed by atoms with Crippen molar-refractivity contribution in [3.8, 4) is 11.4 Å². The molecule has 144 valence electrons. The number of nitrogens with one attached hydrogen (secondary N) is 1. The molecule has 0 spiro atoms. The van der Waals surface area contributed by atoms with Crippen LogP contribution in [0.4, 0.5) is 0 Å². The monoisotopic (exact) mass is 393 g/mol. The highest BCUT2D eigenvalue weighted by Crippen LogP contribution is 2.28. The highest BCUT2D eigenvalue weighted by atomic mass is 35.5. The number of amides is 1. The zero-order valence-electron chi connectivity index (χ0n) is 15.8. The second-order valence-electron chi connectivity index (χ2n) is 7.19. The van der Waals surface area contributed by atoms with E-state index in [0.717, 1.165) is 49.3 Å². The second-order valence-corrected chi connectivity index (χ2v) is 7.63. The molecule has 1 aromatic heterocycles. The number of imidazole rings is 1. The average Bonchev–Trinajstić information content (AvgIpc) is 2.91. The number of hydrogen-bond donors (Lipinski definition) is 1. The summed E-state index contributed by atoms with van der Waals surface area (Å²) in [6.07, 6.45) is 5.08. The van der Waals surface area contributed by atoms with Crippen molar-refractivity contribution >= 4 is 17.5 Å². The first-order valence-electron chi connectivity index (χ1n) is 9.90. The van der Waals surface area contributed by atoms with Gasteiger partial charge in [0.1, 0.15) is 11.5 Å². The smallest absolute Gasteiger partial charge is 0.271 e. The minimum absolute atomic E-state index is 0.0817. The molecule has 2 heterocycles. The van der Waals surface area contributed by atoms with E-state index in [-0.39, 0.29) is 5.91 Å². The number of aromatic nitrogens is 2. The van der Waals surface area contributed by atoms with Crippen molar-refractivity contribution in [2.75, 3.05) is 6.54 Å². The Kier molecular flexibility index (Phi) is 5.77. The van der Waals surface area contributed by atoms with Gasteiger partial charge in [-0.3, -0.25) is 4.79 Å². The van der Waals surface area contributed by atoms with Crippen LogP contribution in [-0.2, 0) is 19.4 Å². The molecule has 0 fully saturated rings. The van der Waals surface area contributed by atoms with Gasteiger partial charge in [-0.15, -0.1) is 0 Å². The van der Waals surface area contributed by atoms with Crippen LogP contribution in [0.25, 0.3) is 11.4 Å². The van der Waals surface area contributed by atoms with Crippen LogP contribution in [0.5, 0.6) is 0 Å². The molecule has 0 bridgehead atoms. The molecule has 0 radical (unpaired) electrons. The Morgan fingerprint density at radius 2 is 1.82 bits per heavy atom. The Balaban J connectivity index is 1.57. The van der Waals surface area contributed by atoms with Crippen LogP contribution in [0.2, 0.25) is 5.02 Å². The predicted molar refractivity (Wildman–Crippen MR) is 113 cm³/mol. The van der Waals surface area contributed by atoms with Crippen molar-refractivity contribution in [2.45, 2.75) is 38.6 Å². The molecule has 1 aliphatic rings. The van der Waals surface area contributed by atoms with Crippen LogP contribution in [0, 0.1) is 0 Å². The normalized spacial score (nSPS) is 13.6. The minimum Gasteiger partial charge on any atom is -0.350 e. The van der Waals surface area contributed by atoms with Crippen molar-refractivity contribution in [1.29, 1.82) is 0 Å². The van der Waals surface area contributed by atoms with Gasteiger partial charge in [0, 0.05) is 23.7 Å². The molecule has 2 aromatic carbocycles. The number of fused-ring (bicyclic) bond motifs is 1. The van der Waals surface area contributed by atoms with Crippen molar-refractivity contribution in [3.05, 3.63) is 76.6 Å². The molecule has 0 atom stereocenters. The quantitative estimate of drug-likeness (QED) is 0.670. The van der Waals surface area contributed by atoms with E-state index in [1.54, 1.807) is 0 Å². The molecule has 0 aliphatic carbocycles. The summed E-state index contributed by atoms with van der Waals surface area (Å²) in [4.78, 5) is 17.7. The summed E-state index contributed by atoms with van der Waals surface area (Å²) in [5.74, 6) is 0.781. The van der Waals surface area contributed by atoms with E-state index < -0.39 is 0 Å². The molecule has 5 heteroatoms. The number of rotatable bonds is 5. The molecule has 0 saturated heterocycles. The maximum atomic E-state index is 12.9. The highest BCUT2D eigenvalue weighted by Gasteiger charge is 2.24. The third-order valence-corrected chi connectivity index (χ3v) is 5.48. The summed E-state index contributed by atoms with van der Waals surface area (Å²) >= 11 is 6.04. The zero-order valence-corrected chi connectivity index (χ0v) is 16.6. The molecule has 4 nitrogen and oxygen atoms in total. The van der Waals surface area contributed by atoms with Crippen molar-refractivity contribution in [1.82, 2.24) is 14.9 Å².